The molecule has 0 aliphatic carbocycles. The van der Waals surface area contributed by atoms with Crippen molar-refractivity contribution in [3.63, 3.8) is 0 Å². The molecule has 1 aliphatic heterocycles. The lowest BCUT2D eigenvalue weighted by atomic mass is 10.1. The van der Waals surface area contributed by atoms with E-state index in [2.05, 4.69) is 9.88 Å². The number of nitrogens with zero attached hydrogens (tertiary/aromatic N) is 4. The van der Waals surface area contributed by atoms with E-state index in [4.69, 9.17) is 27.9 Å². The quantitative estimate of drug-likeness (QED) is 0.144. The third-order valence-corrected chi connectivity index (χ3v) is 9.48. The Kier molecular flexibility index (Phi) is 9.45. The maximum absolute atomic E-state index is 13.5. The third-order valence-electron chi connectivity index (χ3n) is 8.71. The molecule has 7 nitrogen and oxygen atoms in total. The van der Waals surface area contributed by atoms with Crippen LogP contribution in [0.5, 0.6) is 5.75 Å². The first-order chi connectivity index (χ1) is 22.2. The summed E-state index contributed by atoms with van der Waals surface area (Å²) in [5, 5.41) is 1.74. The number of aromatic nitrogens is 2. The van der Waals surface area contributed by atoms with Gasteiger partial charge in [-0.3, -0.25) is 14.5 Å². The zero-order valence-corrected chi connectivity index (χ0v) is 27.7. The van der Waals surface area contributed by atoms with Crippen LogP contribution in [0.2, 0.25) is 10.0 Å². The average molecular weight is 656 g/mol. The number of pyridine rings is 1. The minimum Gasteiger partial charge on any atom is -0.487 e. The molecular weight excluding hydrogens is 619 g/mol. The number of hydrogen-bond acceptors (Lipinski definition) is 5. The standard InChI is InChI=1S/C37H36Cl2N4O3/c1-24-9-12-26-7-6-8-33(36(26)40-24)46-23-29-30(38)16-18-31(35(29)39)42(3)34(44)21-28-15-17-32(41(28)2)37(45)27-13-10-25(11-14-27)22-43-19-4-5-20-43/h6-18H,4-5,19-23H2,1-3H3. The molecule has 1 amide bonds. The van der Waals surface area contributed by atoms with Crippen LogP contribution in [0.25, 0.3) is 10.9 Å². The van der Waals surface area contributed by atoms with Crippen LogP contribution in [0, 0.1) is 6.92 Å². The fraction of sp³-hybridized carbons (Fsp3) is 0.270. The van der Waals surface area contributed by atoms with Crippen LogP contribution in [0.1, 0.15) is 51.4 Å². The number of rotatable bonds is 10. The van der Waals surface area contributed by atoms with Crippen molar-refractivity contribution in [3.8, 4) is 5.75 Å². The van der Waals surface area contributed by atoms with Gasteiger partial charge in [-0.25, -0.2) is 4.98 Å². The summed E-state index contributed by atoms with van der Waals surface area (Å²) < 4.78 is 7.94. The zero-order chi connectivity index (χ0) is 32.4. The molecule has 0 atom stereocenters. The molecule has 6 rings (SSSR count). The van der Waals surface area contributed by atoms with Crippen LogP contribution in [-0.4, -0.2) is 46.3 Å². The van der Waals surface area contributed by atoms with E-state index >= 15 is 0 Å². The summed E-state index contributed by atoms with van der Waals surface area (Å²) in [4.78, 5) is 35.4. The number of halogens is 2. The van der Waals surface area contributed by atoms with Gasteiger partial charge in [0.2, 0.25) is 11.7 Å². The first-order valence-corrected chi connectivity index (χ1v) is 16.2. The van der Waals surface area contributed by atoms with Crippen molar-refractivity contribution in [3.05, 3.63) is 123 Å². The van der Waals surface area contributed by atoms with Gasteiger partial charge in [-0.1, -0.05) is 65.7 Å². The Hall–Kier alpha value is -4.17. The highest BCUT2D eigenvalue weighted by molar-refractivity contribution is 6.38. The van der Waals surface area contributed by atoms with E-state index in [0.717, 1.165) is 41.9 Å². The molecule has 1 fully saturated rings. The van der Waals surface area contributed by atoms with Crippen molar-refractivity contribution in [1.82, 2.24) is 14.5 Å². The molecule has 2 aromatic heterocycles. The van der Waals surface area contributed by atoms with Crippen molar-refractivity contribution in [2.24, 2.45) is 7.05 Å². The molecule has 0 bridgehead atoms. The number of likely N-dealkylation sites (tertiary alicyclic amines) is 1. The largest absolute Gasteiger partial charge is 0.487 e. The van der Waals surface area contributed by atoms with Crippen molar-refractivity contribution >= 4 is 51.5 Å². The Morgan fingerprint density at radius 1 is 0.935 bits per heavy atom. The number of carbonyl (C=O) groups excluding carboxylic acids is 2. The molecule has 0 radical (unpaired) electrons. The van der Waals surface area contributed by atoms with E-state index in [1.54, 1.807) is 29.8 Å². The summed E-state index contributed by atoms with van der Waals surface area (Å²) in [6.07, 6.45) is 2.58. The van der Waals surface area contributed by atoms with Crippen LogP contribution < -0.4 is 9.64 Å². The molecule has 236 valence electrons. The maximum atomic E-state index is 13.5. The number of hydrogen-bond donors (Lipinski definition) is 0. The van der Waals surface area contributed by atoms with Gasteiger partial charge < -0.3 is 14.2 Å². The van der Waals surface area contributed by atoms with Crippen LogP contribution >= 0.6 is 23.2 Å². The summed E-state index contributed by atoms with van der Waals surface area (Å²) in [6, 6.07) is 24.6. The fourth-order valence-corrected chi connectivity index (χ4v) is 6.54. The number of benzene rings is 3. The molecule has 0 unspecified atom stereocenters. The second kappa shape index (κ2) is 13.7. The number of ether oxygens (including phenoxy) is 1. The second-order valence-electron chi connectivity index (χ2n) is 11.8. The summed E-state index contributed by atoms with van der Waals surface area (Å²) in [5.74, 6) is 0.357. The van der Waals surface area contributed by atoms with E-state index in [1.807, 2.05) is 74.6 Å². The second-order valence-corrected chi connectivity index (χ2v) is 12.6. The number of aryl methyl sites for hydroxylation is 1. The molecule has 3 aromatic carbocycles. The highest BCUT2D eigenvalue weighted by Gasteiger charge is 2.22. The Labute approximate surface area is 279 Å². The lowest BCUT2D eigenvalue weighted by Gasteiger charge is -2.21. The number of carbonyl (C=O) groups is 2. The van der Waals surface area contributed by atoms with Gasteiger partial charge in [-0.2, -0.15) is 0 Å². The Bertz CT molecular complexity index is 1910. The Morgan fingerprint density at radius 2 is 1.70 bits per heavy atom. The van der Waals surface area contributed by atoms with Gasteiger partial charge in [0, 0.05) is 53.6 Å². The van der Waals surface area contributed by atoms with Gasteiger partial charge >= 0.3 is 0 Å². The number of amides is 1. The van der Waals surface area contributed by atoms with Crippen molar-refractivity contribution in [2.75, 3.05) is 25.0 Å². The van der Waals surface area contributed by atoms with E-state index < -0.39 is 0 Å². The highest BCUT2D eigenvalue weighted by Crippen LogP contribution is 2.35. The molecule has 0 saturated carbocycles. The van der Waals surface area contributed by atoms with Crippen LogP contribution in [-0.2, 0) is 31.4 Å². The zero-order valence-electron chi connectivity index (χ0n) is 26.2. The van der Waals surface area contributed by atoms with E-state index in [9.17, 15) is 9.59 Å². The first-order valence-electron chi connectivity index (χ1n) is 15.4. The van der Waals surface area contributed by atoms with Gasteiger partial charge in [0.05, 0.1) is 22.8 Å². The average Bonchev–Trinajstić information content (AvgIpc) is 3.70. The lowest BCUT2D eigenvalue weighted by molar-refractivity contribution is -0.117. The first kappa shape index (κ1) is 31.8. The molecule has 3 heterocycles. The smallest absolute Gasteiger partial charge is 0.232 e. The molecule has 5 aromatic rings. The van der Waals surface area contributed by atoms with Crippen LogP contribution in [0.15, 0.2) is 78.9 Å². The Morgan fingerprint density at radius 3 is 2.46 bits per heavy atom. The molecule has 9 heteroatoms. The summed E-state index contributed by atoms with van der Waals surface area (Å²) in [7, 11) is 3.49. The minimum atomic E-state index is -0.184. The predicted octanol–water partition coefficient (Wildman–Crippen LogP) is 7.80. The summed E-state index contributed by atoms with van der Waals surface area (Å²) in [5.41, 5.74) is 5.81. The van der Waals surface area contributed by atoms with E-state index in [0.29, 0.717) is 38.3 Å². The minimum absolute atomic E-state index is 0.0794. The Balaban J connectivity index is 1.14. The predicted molar refractivity (Wildman–Crippen MR) is 184 cm³/mol. The van der Waals surface area contributed by atoms with E-state index in [-0.39, 0.29) is 24.7 Å². The maximum Gasteiger partial charge on any atom is 0.232 e. The number of likely N-dealkylation sites (N-methyl/N-ethyl adjacent to an activating group) is 1. The van der Waals surface area contributed by atoms with Gasteiger partial charge in [0.15, 0.2) is 0 Å². The van der Waals surface area contributed by atoms with Gasteiger partial charge in [-0.15, -0.1) is 0 Å². The number of para-hydroxylation sites is 1. The SMILES string of the molecule is Cc1ccc2cccc(OCc3c(Cl)ccc(N(C)C(=O)Cc4ccc(C(=O)c5ccc(CN6CCCC6)cc5)n4C)c3Cl)c2n1. The van der Waals surface area contributed by atoms with E-state index in [1.165, 1.54) is 23.3 Å². The van der Waals surface area contributed by atoms with Crippen LogP contribution in [0.3, 0.4) is 0 Å². The highest BCUT2D eigenvalue weighted by atomic mass is 35.5. The molecule has 0 spiro atoms. The normalized spacial score (nSPS) is 13.3. The molecule has 1 aliphatic rings. The summed E-state index contributed by atoms with van der Waals surface area (Å²) in [6.45, 7) is 5.20. The van der Waals surface area contributed by atoms with Gasteiger partial charge in [0.1, 0.15) is 17.9 Å². The third kappa shape index (κ3) is 6.68. The lowest BCUT2D eigenvalue weighted by Crippen LogP contribution is -2.29. The van der Waals surface area contributed by atoms with Gasteiger partial charge in [-0.05, 0) is 74.8 Å². The number of ketones is 1. The fourth-order valence-electron chi connectivity index (χ4n) is 5.94. The molecular formula is C37H36Cl2N4O3. The molecule has 0 N–H and O–H groups in total. The summed E-state index contributed by atoms with van der Waals surface area (Å²) >= 11 is 13.4. The number of anilines is 1. The van der Waals surface area contributed by atoms with Crippen molar-refractivity contribution < 1.29 is 14.3 Å². The number of fused-ring (bicyclic) bond motifs is 1. The van der Waals surface area contributed by atoms with Crippen molar-refractivity contribution in [1.29, 1.82) is 0 Å². The van der Waals surface area contributed by atoms with Crippen LogP contribution in [0.4, 0.5) is 5.69 Å². The molecule has 1 saturated heterocycles. The van der Waals surface area contributed by atoms with Crippen molar-refractivity contribution in [2.45, 2.75) is 39.3 Å². The molecule has 46 heavy (non-hydrogen) atoms. The van der Waals surface area contributed by atoms with Gasteiger partial charge in [0.25, 0.3) is 0 Å². The monoisotopic (exact) mass is 654 g/mol. The topological polar surface area (TPSA) is 67.7 Å².